The number of hydrogen-bond acceptors (Lipinski definition) is 6. The Morgan fingerprint density at radius 2 is 1.40 bits per heavy atom. The molecule has 3 aliphatic rings. The topological polar surface area (TPSA) is 95.7 Å². The summed E-state index contributed by atoms with van der Waals surface area (Å²) in [5, 5.41) is 11.3. The number of nitro benzene ring substituents is 1. The van der Waals surface area contributed by atoms with E-state index in [1.54, 1.807) is 0 Å². The summed E-state index contributed by atoms with van der Waals surface area (Å²) in [6.45, 7) is 7.86. The van der Waals surface area contributed by atoms with Crippen molar-refractivity contribution in [3.63, 3.8) is 0 Å². The van der Waals surface area contributed by atoms with E-state index in [1.807, 2.05) is 27.7 Å². The molecule has 0 fully saturated rings. The van der Waals surface area contributed by atoms with Crippen LogP contribution in [0.15, 0.2) is 53.0 Å². The summed E-state index contributed by atoms with van der Waals surface area (Å²) >= 11 is 13.1. The van der Waals surface area contributed by atoms with Crippen molar-refractivity contribution < 1.29 is 37.2 Å². The molecule has 2 aliphatic carbocycles. The van der Waals surface area contributed by atoms with Crippen molar-refractivity contribution in [2.24, 2.45) is 10.8 Å². The second-order valence-electron chi connectivity index (χ2n) is 12.4. The maximum atomic E-state index is 13.5. The zero-order chi connectivity index (χ0) is 30.9. The normalized spacial score (nSPS) is 20.2. The van der Waals surface area contributed by atoms with Crippen LogP contribution in [0.1, 0.15) is 70.4 Å². The van der Waals surface area contributed by atoms with Crippen LogP contribution in [-0.2, 0) is 20.5 Å². The molecule has 5 rings (SSSR count). The van der Waals surface area contributed by atoms with Crippen molar-refractivity contribution in [1.82, 2.24) is 0 Å². The molecule has 0 amide bonds. The minimum absolute atomic E-state index is 0.116. The van der Waals surface area contributed by atoms with Crippen LogP contribution in [0.5, 0.6) is 11.5 Å². The Kier molecular flexibility index (Phi) is 7.25. The van der Waals surface area contributed by atoms with Gasteiger partial charge in [-0.15, -0.1) is 0 Å². The van der Waals surface area contributed by atoms with Gasteiger partial charge in [-0.1, -0.05) is 50.9 Å². The molecular formula is C30H26Cl2F3NO6. The molecule has 1 heterocycles. The molecule has 0 saturated carbocycles. The molecule has 0 saturated heterocycles. The van der Waals surface area contributed by atoms with Crippen LogP contribution in [0.4, 0.5) is 18.9 Å². The number of rotatable bonds is 4. The molecule has 1 aliphatic heterocycles. The quantitative estimate of drug-likeness (QED) is 0.249. The van der Waals surface area contributed by atoms with Crippen molar-refractivity contribution in [3.8, 4) is 11.5 Å². The van der Waals surface area contributed by atoms with Gasteiger partial charge in [0, 0.05) is 48.8 Å². The Morgan fingerprint density at radius 1 is 0.905 bits per heavy atom. The van der Waals surface area contributed by atoms with Gasteiger partial charge in [0.15, 0.2) is 17.3 Å². The number of ether oxygens (including phenoxy) is 2. The van der Waals surface area contributed by atoms with E-state index >= 15 is 0 Å². The first kappa shape index (κ1) is 30.1. The summed E-state index contributed by atoms with van der Waals surface area (Å²) in [7, 11) is 0. The number of carbonyl (C=O) groups is 2. The minimum atomic E-state index is -4.80. The number of nitro groups is 1. The number of ketones is 2. The fraction of sp³-hybridized carbons (Fsp3) is 0.400. The van der Waals surface area contributed by atoms with Crippen molar-refractivity contribution in [1.29, 1.82) is 0 Å². The third-order valence-electron chi connectivity index (χ3n) is 7.63. The van der Waals surface area contributed by atoms with E-state index in [0.717, 1.165) is 6.07 Å². The number of alkyl halides is 3. The lowest BCUT2D eigenvalue weighted by Gasteiger charge is -2.42. The maximum absolute atomic E-state index is 13.5. The van der Waals surface area contributed by atoms with Crippen LogP contribution in [0.25, 0.3) is 0 Å². The van der Waals surface area contributed by atoms with E-state index < -0.39 is 34.0 Å². The lowest BCUT2D eigenvalue weighted by molar-refractivity contribution is -0.385. The number of hydrogen-bond donors (Lipinski definition) is 0. The fourth-order valence-electron chi connectivity index (χ4n) is 5.88. The number of allylic oxidation sites excluding steroid dienone is 4. The highest BCUT2D eigenvalue weighted by Gasteiger charge is 2.48. The molecule has 222 valence electrons. The van der Waals surface area contributed by atoms with E-state index in [9.17, 15) is 32.9 Å². The Bertz CT molecular complexity index is 1550. The molecule has 7 nitrogen and oxygen atoms in total. The second kappa shape index (κ2) is 10.1. The Morgan fingerprint density at radius 3 is 1.86 bits per heavy atom. The minimum Gasteiger partial charge on any atom is -0.465 e. The third kappa shape index (κ3) is 5.54. The van der Waals surface area contributed by atoms with Crippen LogP contribution in [-0.4, -0.2) is 16.5 Å². The van der Waals surface area contributed by atoms with Crippen molar-refractivity contribution in [2.75, 3.05) is 0 Å². The summed E-state index contributed by atoms with van der Waals surface area (Å²) in [6.07, 6.45) is -3.35. The highest BCUT2D eigenvalue weighted by molar-refractivity contribution is 6.37. The number of carbonyl (C=O) groups excluding carboxylic acids is 2. The molecule has 0 N–H and O–H groups in total. The van der Waals surface area contributed by atoms with E-state index in [1.165, 1.54) is 12.1 Å². The summed E-state index contributed by atoms with van der Waals surface area (Å²) in [6, 6.07) is 4.73. The molecular weight excluding hydrogens is 598 g/mol. The molecule has 0 unspecified atom stereocenters. The van der Waals surface area contributed by atoms with Crippen LogP contribution >= 0.6 is 23.2 Å². The summed E-state index contributed by atoms with van der Waals surface area (Å²) in [5.41, 5.74) is -1.71. The highest BCUT2D eigenvalue weighted by Crippen LogP contribution is 2.54. The first-order valence-electron chi connectivity index (χ1n) is 13.1. The van der Waals surface area contributed by atoms with Gasteiger partial charge in [0.05, 0.1) is 20.5 Å². The molecule has 0 atom stereocenters. The monoisotopic (exact) mass is 623 g/mol. The highest BCUT2D eigenvalue weighted by atomic mass is 35.5. The van der Waals surface area contributed by atoms with Crippen LogP contribution in [0.2, 0.25) is 10.0 Å². The average Bonchev–Trinajstić information content (AvgIpc) is 2.82. The van der Waals surface area contributed by atoms with Crippen LogP contribution in [0.3, 0.4) is 0 Å². The number of Topliss-reactive ketones (excluding diaryl/α,β-unsaturated/α-hetero) is 2. The Balaban J connectivity index is 1.61. The number of halogens is 5. The van der Waals surface area contributed by atoms with Gasteiger partial charge in [-0.05, 0) is 40.7 Å². The van der Waals surface area contributed by atoms with Gasteiger partial charge >= 0.3 is 11.9 Å². The Labute approximate surface area is 249 Å². The standard InChI is InChI=1S/C30H26Cl2F3NO6/c1-28(2)10-19(37)25-22(12-28)41-23-13-29(3,4)11-20(38)26(23)24(25)14-7-16(31)27(17(32)8-14)42-21-6-5-15(30(33,34)35)9-18(21)36(39)40/h5-9,24H,10-13H2,1-4H3. The van der Waals surface area contributed by atoms with E-state index in [0.29, 0.717) is 53.2 Å². The van der Waals surface area contributed by atoms with Crippen molar-refractivity contribution in [2.45, 2.75) is 65.5 Å². The molecule has 42 heavy (non-hydrogen) atoms. The van der Waals surface area contributed by atoms with Crippen LogP contribution in [0, 0.1) is 20.9 Å². The number of benzene rings is 2. The predicted molar refractivity (Wildman–Crippen MR) is 149 cm³/mol. The maximum Gasteiger partial charge on any atom is 0.416 e. The van der Waals surface area contributed by atoms with Gasteiger partial charge in [-0.2, -0.15) is 13.2 Å². The first-order chi connectivity index (χ1) is 19.4. The van der Waals surface area contributed by atoms with E-state index in [2.05, 4.69) is 0 Å². The first-order valence-corrected chi connectivity index (χ1v) is 13.9. The van der Waals surface area contributed by atoms with Gasteiger partial charge < -0.3 is 9.47 Å². The van der Waals surface area contributed by atoms with Gasteiger partial charge in [-0.3, -0.25) is 19.7 Å². The molecule has 12 heteroatoms. The van der Waals surface area contributed by atoms with E-state index in [-0.39, 0.29) is 51.0 Å². The average molecular weight is 624 g/mol. The van der Waals surface area contributed by atoms with Gasteiger partial charge in [0.2, 0.25) is 5.75 Å². The van der Waals surface area contributed by atoms with Crippen molar-refractivity contribution in [3.05, 3.63) is 84.3 Å². The predicted octanol–water partition coefficient (Wildman–Crippen LogP) is 9.11. The van der Waals surface area contributed by atoms with Gasteiger partial charge in [-0.25, -0.2) is 0 Å². The van der Waals surface area contributed by atoms with Gasteiger partial charge in [0.25, 0.3) is 0 Å². The van der Waals surface area contributed by atoms with Crippen molar-refractivity contribution >= 4 is 40.5 Å². The molecule has 2 aromatic carbocycles. The SMILES string of the molecule is CC1(C)CC(=O)C2=C(C1)OC1=C(C(=O)CC(C)(C)C1)C2c1cc(Cl)c(Oc2ccc(C(F)(F)F)cc2[N+](=O)[O-])c(Cl)c1. The number of nitrogens with zero attached hydrogens (tertiary/aromatic N) is 1. The fourth-order valence-corrected chi connectivity index (χ4v) is 6.47. The lowest BCUT2D eigenvalue weighted by atomic mass is 9.65. The molecule has 2 aromatic rings. The largest absolute Gasteiger partial charge is 0.465 e. The van der Waals surface area contributed by atoms with Crippen LogP contribution < -0.4 is 4.74 Å². The van der Waals surface area contributed by atoms with Gasteiger partial charge in [0.1, 0.15) is 11.5 Å². The lowest BCUT2D eigenvalue weighted by Crippen LogP contribution is -2.37. The molecule has 0 bridgehead atoms. The summed E-state index contributed by atoms with van der Waals surface area (Å²) < 4.78 is 51.3. The zero-order valence-corrected chi connectivity index (χ0v) is 24.6. The Hall–Kier alpha value is -3.37. The molecule has 0 aromatic heterocycles. The summed E-state index contributed by atoms with van der Waals surface area (Å²) in [5.74, 6) is -0.864. The molecule has 0 spiro atoms. The van der Waals surface area contributed by atoms with E-state index in [4.69, 9.17) is 32.7 Å². The third-order valence-corrected chi connectivity index (χ3v) is 8.19. The zero-order valence-electron chi connectivity index (χ0n) is 23.1. The smallest absolute Gasteiger partial charge is 0.416 e. The molecule has 0 radical (unpaired) electrons. The summed E-state index contributed by atoms with van der Waals surface area (Å²) in [4.78, 5) is 37.6. The second-order valence-corrected chi connectivity index (χ2v) is 13.3.